The van der Waals surface area contributed by atoms with E-state index in [2.05, 4.69) is 21.2 Å². The topological polar surface area (TPSA) is 83.1 Å². The Kier molecular flexibility index (Phi) is 3.96. The van der Waals surface area contributed by atoms with Crippen LogP contribution in [0.15, 0.2) is 62.2 Å². The van der Waals surface area contributed by atoms with Crippen molar-refractivity contribution in [2.75, 3.05) is 5.32 Å². The lowest BCUT2D eigenvalue weighted by molar-refractivity contribution is 0.102. The third-order valence-corrected chi connectivity index (χ3v) is 3.68. The highest BCUT2D eigenvalue weighted by Crippen LogP contribution is 2.20. The van der Waals surface area contributed by atoms with Gasteiger partial charge < -0.3 is 9.73 Å². The zero-order chi connectivity index (χ0) is 16.4. The summed E-state index contributed by atoms with van der Waals surface area (Å²) in [6.45, 7) is 0. The Morgan fingerprint density at radius 2 is 2.00 bits per heavy atom. The predicted molar refractivity (Wildman–Crippen MR) is 89.3 cm³/mol. The maximum Gasteiger partial charge on any atom is 0.349 e. The fourth-order valence-corrected chi connectivity index (χ4v) is 2.50. The second kappa shape index (κ2) is 6.07. The normalized spacial score (nSPS) is 10.3. The molecule has 0 saturated heterocycles. The number of carbonyl (C=O) groups is 1. The lowest BCUT2D eigenvalue weighted by Crippen LogP contribution is -2.20. The fourth-order valence-electron chi connectivity index (χ4n) is 2.12. The number of nitrogens with one attached hydrogen (secondary N) is 1. The van der Waals surface area contributed by atoms with Crippen LogP contribution in [0.4, 0.5) is 5.69 Å². The van der Waals surface area contributed by atoms with Crippen LogP contribution in [0.25, 0.3) is 11.0 Å². The largest absolute Gasteiger partial charge is 0.422 e. The molecule has 1 N–H and O–H groups in total. The minimum atomic E-state index is -0.714. The summed E-state index contributed by atoms with van der Waals surface area (Å²) in [5.74, 6) is -0.587. The van der Waals surface area contributed by atoms with E-state index in [0.717, 1.165) is 4.47 Å². The Morgan fingerprint density at radius 3 is 2.78 bits per heavy atom. The third-order valence-electron chi connectivity index (χ3n) is 3.19. The lowest BCUT2D eigenvalue weighted by atomic mass is 10.1. The van der Waals surface area contributed by atoms with E-state index in [1.165, 1.54) is 12.1 Å². The molecule has 3 rings (SSSR count). The van der Waals surface area contributed by atoms with Gasteiger partial charge in [0.1, 0.15) is 11.1 Å². The smallest absolute Gasteiger partial charge is 0.349 e. The molecule has 0 unspecified atom stereocenters. The lowest BCUT2D eigenvalue weighted by Gasteiger charge is -2.05. The van der Waals surface area contributed by atoms with Crippen LogP contribution in [0.2, 0.25) is 0 Å². The number of rotatable bonds is 2. The summed E-state index contributed by atoms with van der Waals surface area (Å²) in [5, 5.41) is 12.1. The van der Waals surface area contributed by atoms with Gasteiger partial charge in [-0.25, -0.2) is 4.79 Å². The molecule has 0 bridgehead atoms. The maximum absolute atomic E-state index is 12.3. The van der Waals surface area contributed by atoms with Gasteiger partial charge in [0.2, 0.25) is 0 Å². The van der Waals surface area contributed by atoms with E-state index >= 15 is 0 Å². The number of carbonyl (C=O) groups excluding carboxylic acids is 1. The van der Waals surface area contributed by atoms with E-state index in [1.54, 1.807) is 36.4 Å². The fraction of sp³-hybridized carbons (Fsp3) is 0. The molecule has 5 nitrogen and oxygen atoms in total. The van der Waals surface area contributed by atoms with Gasteiger partial charge in [0, 0.05) is 15.5 Å². The summed E-state index contributed by atoms with van der Waals surface area (Å²) >= 11 is 3.33. The maximum atomic E-state index is 12.3. The monoisotopic (exact) mass is 368 g/mol. The van der Waals surface area contributed by atoms with Crippen LogP contribution in [0, 0.1) is 11.3 Å². The van der Waals surface area contributed by atoms with Crippen molar-refractivity contribution in [2.45, 2.75) is 0 Å². The molecule has 3 aromatic rings. The molecule has 1 heterocycles. The molecule has 0 fully saturated rings. The van der Waals surface area contributed by atoms with Gasteiger partial charge in [0.15, 0.2) is 0 Å². The van der Waals surface area contributed by atoms with Gasteiger partial charge in [0.05, 0.1) is 11.6 Å². The molecule has 0 radical (unpaired) electrons. The van der Waals surface area contributed by atoms with Crippen molar-refractivity contribution in [1.29, 1.82) is 5.26 Å². The summed E-state index contributed by atoms with van der Waals surface area (Å²) in [4.78, 5) is 24.3. The van der Waals surface area contributed by atoms with E-state index in [9.17, 15) is 9.59 Å². The molecule has 0 saturated carbocycles. The summed E-state index contributed by atoms with van der Waals surface area (Å²) in [6, 6.07) is 15.1. The van der Waals surface area contributed by atoms with E-state index in [0.29, 0.717) is 22.2 Å². The van der Waals surface area contributed by atoms with Crippen molar-refractivity contribution in [3.63, 3.8) is 0 Å². The SMILES string of the molecule is N#Cc1cccc(NC(=O)c2cc3cc(Br)ccc3oc2=O)c1. The Balaban J connectivity index is 1.98. The summed E-state index contributed by atoms with van der Waals surface area (Å²) in [7, 11) is 0. The van der Waals surface area contributed by atoms with Crippen molar-refractivity contribution in [2.24, 2.45) is 0 Å². The zero-order valence-corrected chi connectivity index (χ0v) is 13.3. The molecule has 23 heavy (non-hydrogen) atoms. The van der Waals surface area contributed by atoms with Crippen LogP contribution in [-0.2, 0) is 0 Å². The van der Waals surface area contributed by atoms with Gasteiger partial charge >= 0.3 is 5.63 Å². The standard InChI is InChI=1S/C17H9BrN2O3/c18-12-4-5-15-11(7-12)8-14(17(22)23-15)16(21)20-13-3-1-2-10(6-13)9-19/h1-8H,(H,20,21). The van der Waals surface area contributed by atoms with E-state index in [-0.39, 0.29) is 5.56 Å². The highest BCUT2D eigenvalue weighted by Gasteiger charge is 2.14. The molecular weight excluding hydrogens is 360 g/mol. The number of anilines is 1. The number of amides is 1. The summed E-state index contributed by atoms with van der Waals surface area (Å²) in [5.41, 5.74) is 0.438. The molecule has 2 aromatic carbocycles. The van der Waals surface area contributed by atoms with Crippen LogP contribution in [-0.4, -0.2) is 5.91 Å². The van der Waals surface area contributed by atoms with Crippen LogP contribution >= 0.6 is 15.9 Å². The minimum absolute atomic E-state index is 0.0991. The number of hydrogen-bond donors (Lipinski definition) is 1. The molecule has 1 amide bonds. The molecular formula is C17H9BrN2O3. The number of halogens is 1. The molecule has 1 aromatic heterocycles. The van der Waals surface area contributed by atoms with Crippen molar-refractivity contribution in [1.82, 2.24) is 0 Å². The number of nitriles is 1. The first-order valence-electron chi connectivity index (χ1n) is 6.62. The molecule has 112 valence electrons. The molecule has 0 aliphatic rings. The van der Waals surface area contributed by atoms with Gasteiger partial charge in [-0.15, -0.1) is 0 Å². The van der Waals surface area contributed by atoms with Gasteiger partial charge in [-0.2, -0.15) is 5.26 Å². The highest BCUT2D eigenvalue weighted by atomic mass is 79.9. The van der Waals surface area contributed by atoms with E-state index in [4.69, 9.17) is 9.68 Å². The first-order valence-corrected chi connectivity index (χ1v) is 7.41. The van der Waals surface area contributed by atoms with Crippen LogP contribution in [0.3, 0.4) is 0 Å². The number of nitrogens with zero attached hydrogens (tertiary/aromatic N) is 1. The average Bonchev–Trinajstić information content (AvgIpc) is 2.54. The van der Waals surface area contributed by atoms with Crippen molar-refractivity contribution >= 4 is 38.5 Å². The van der Waals surface area contributed by atoms with E-state index in [1.807, 2.05) is 6.07 Å². The van der Waals surface area contributed by atoms with Crippen LogP contribution < -0.4 is 10.9 Å². The molecule has 0 aliphatic heterocycles. The number of hydrogen-bond acceptors (Lipinski definition) is 4. The number of fused-ring (bicyclic) bond motifs is 1. The van der Waals surface area contributed by atoms with Crippen molar-refractivity contribution < 1.29 is 9.21 Å². The quantitative estimate of drug-likeness (QED) is 0.699. The molecule has 0 atom stereocenters. The Labute approximate surface area is 139 Å². The minimum Gasteiger partial charge on any atom is -0.422 e. The van der Waals surface area contributed by atoms with Crippen LogP contribution in [0.1, 0.15) is 15.9 Å². The second-order valence-electron chi connectivity index (χ2n) is 4.78. The average molecular weight is 369 g/mol. The van der Waals surface area contributed by atoms with Crippen molar-refractivity contribution in [3.05, 3.63) is 74.6 Å². The highest BCUT2D eigenvalue weighted by molar-refractivity contribution is 9.10. The van der Waals surface area contributed by atoms with Crippen molar-refractivity contribution in [3.8, 4) is 6.07 Å². The predicted octanol–water partition coefficient (Wildman–Crippen LogP) is 3.68. The van der Waals surface area contributed by atoms with Crippen LogP contribution in [0.5, 0.6) is 0 Å². The third kappa shape index (κ3) is 3.15. The first kappa shape index (κ1) is 15.0. The first-order chi connectivity index (χ1) is 11.1. The summed E-state index contributed by atoms with van der Waals surface area (Å²) < 4.78 is 5.97. The summed E-state index contributed by atoms with van der Waals surface area (Å²) in [6.07, 6.45) is 0. The molecule has 6 heteroatoms. The van der Waals surface area contributed by atoms with Gasteiger partial charge in [-0.1, -0.05) is 22.0 Å². The molecule has 0 spiro atoms. The second-order valence-corrected chi connectivity index (χ2v) is 5.69. The number of benzene rings is 2. The van der Waals surface area contributed by atoms with Gasteiger partial charge in [0.25, 0.3) is 5.91 Å². The Morgan fingerprint density at radius 1 is 1.17 bits per heavy atom. The Hall–Kier alpha value is -2.91. The van der Waals surface area contributed by atoms with E-state index < -0.39 is 11.5 Å². The molecule has 0 aliphatic carbocycles. The Bertz CT molecular complexity index is 1020. The van der Waals surface area contributed by atoms with Gasteiger partial charge in [-0.05, 0) is 42.5 Å². The van der Waals surface area contributed by atoms with Gasteiger partial charge in [-0.3, -0.25) is 4.79 Å². The zero-order valence-electron chi connectivity index (χ0n) is 11.7.